The first kappa shape index (κ1) is 15.8. The van der Waals surface area contributed by atoms with Gasteiger partial charge in [0.25, 0.3) is 0 Å². The fourth-order valence-electron chi connectivity index (χ4n) is 1.34. The van der Waals surface area contributed by atoms with Crippen LogP contribution in [0.15, 0.2) is 24.3 Å². The Morgan fingerprint density at radius 1 is 1.00 bits per heavy atom. The Hall–Kier alpha value is -1.21. The van der Waals surface area contributed by atoms with Gasteiger partial charge < -0.3 is 10.1 Å². The van der Waals surface area contributed by atoms with Crippen molar-refractivity contribution in [3.8, 4) is 0 Å². The van der Waals surface area contributed by atoms with Gasteiger partial charge in [-0.2, -0.15) is 22.0 Å². The van der Waals surface area contributed by atoms with E-state index in [-0.39, 0.29) is 6.61 Å². The first-order valence-electron chi connectivity index (χ1n) is 5.51. The van der Waals surface area contributed by atoms with Crippen LogP contribution in [0.3, 0.4) is 0 Å². The molecule has 0 bridgehead atoms. The SMILES string of the molecule is CNCc1ccc(COCC(F)(F)C(F)(F)F)cc1. The predicted molar refractivity (Wildman–Crippen MR) is 59.9 cm³/mol. The highest BCUT2D eigenvalue weighted by Gasteiger charge is 2.57. The van der Waals surface area contributed by atoms with Gasteiger partial charge >= 0.3 is 12.1 Å². The van der Waals surface area contributed by atoms with Gasteiger partial charge in [0, 0.05) is 6.54 Å². The van der Waals surface area contributed by atoms with Gasteiger partial charge in [-0.3, -0.25) is 0 Å². The molecule has 0 saturated heterocycles. The minimum absolute atomic E-state index is 0.286. The molecule has 2 nitrogen and oxygen atoms in total. The van der Waals surface area contributed by atoms with Crippen LogP contribution in [0.2, 0.25) is 0 Å². The summed E-state index contributed by atoms with van der Waals surface area (Å²) in [5.41, 5.74) is 1.52. The molecule has 0 fully saturated rings. The van der Waals surface area contributed by atoms with Crippen molar-refractivity contribution in [1.82, 2.24) is 5.32 Å². The smallest absolute Gasteiger partial charge is 0.370 e. The van der Waals surface area contributed by atoms with E-state index in [0.29, 0.717) is 12.1 Å². The lowest BCUT2D eigenvalue weighted by atomic mass is 10.1. The lowest BCUT2D eigenvalue weighted by Gasteiger charge is -2.19. The van der Waals surface area contributed by atoms with Crippen LogP contribution in [-0.4, -0.2) is 25.8 Å². The number of hydrogen-bond acceptors (Lipinski definition) is 2. The molecule has 19 heavy (non-hydrogen) atoms. The van der Waals surface area contributed by atoms with Crippen LogP contribution < -0.4 is 5.32 Å². The highest BCUT2D eigenvalue weighted by Crippen LogP contribution is 2.35. The molecule has 1 aromatic carbocycles. The zero-order valence-corrected chi connectivity index (χ0v) is 10.2. The minimum atomic E-state index is -5.58. The molecule has 0 spiro atoms. The zero-order valence-electron chi connectivity index (χ0n) is 10.2. The van der Waals surface area contributed by atoms with E-state index in [2.05, 4.69) is 10.1 Å². The average Bonchev–Trinajstić information content (AvgIpc) is 2.30. The molecule has 0 saturated carbocycles. The molecule has 0 atom stereocenters. The molecule has 0 aliphatic rings. The molecule has 108 valence electrons. The van der Waals surface area contributed by atoms with E-state index in [0.717, 1.165) is 5.56 Å². The summed E-state index contributed by atoms with van der Waals surface area (Å²) < 4.78 is 65.1. The van der Waals surface area contributed by atoms with Crippen LogP contribution in [0, 0.1) is 0 Å². The number of rotatable bonds is 6. The molecule has 0 heterocycles. The Balaban J connectivity index is 2.45. The number of benzene rings is 1. The fraction of sp³-hybridized carbons (Fsp3) is 0.500. The van der Waals surface area contributed by atoms with Gasteiger partial charge in [-0.25, -0.2) is 0 Å². The predicted octanol–water partition coefficient (Wildman–Crippen LogP) is 3.12. The molecule has 0 aliphatic heterocycles. The summed E-state index contributed by atoms with van der Waals surface area (Å²) in [6.45, 7) is -1.31. The Kier molecular flexibility index (Phi) is 5.25. The van der Waals surface area contributed by atoms with E-state index in [4.69, 9.17) is 0 Å². The lowest BCUT2D eigenvalue weighted by molar-refractivity contribution is -0.297. The summed E-state index contributed by atoms with van der Waals surface area (Å²) in [6, 6.07) is 6.74. The maximum atomic E-state index is 12.5. The van der Waals surface area contributed by atoms with Gasteiger partial charge in [0.2, 0.25) is 0 Å². The molecule has 0 amide bonds. The van der Waals surface area contributed by atoms with Crippen molar-refractivity contribution in [2.24, 2.45) is 0 Å². The van der Waals surface area contributed by atoms with Gasteiger partial charge in [-0.05, 0) is 18.2 Å². The molecule has 1 N–H and O–H groups in total. The summed E-state index contributed by atoms with van der Waals surface area (Å²) in [5.74, 6) is -4.82. The van der Waals surface area contributed by atoms with E-state index in [9.17, 15) is 22.0 Å². The number of ether oxygens (including phenoxy) is 1. The summed E-state index contributed by atoms with van der Waals surface area (Å²) >= 11 is 0. The maximum absolute atomic E-state index is 12.5. The molecule has 0 unspecified atom stereocenters. The number of hydrogen-bond donors (Lipinski definition) is 1. The quantitative estimate of drug-likeness (QED) is 0.810. The molecule has 1 aromatic rings. The van der Waals surface area contributed by atoms with Gasteiger partial charge in [0.05, 0.1) is 6.61 Å². The largest absolute Gasteiger partial charge is 0.455 e. The average molecular weight is 283 g/mol. The van der Waals surface area contributed by atoms with Crippen LogP contribution in [0.25, 0.3) is 0 Å². The normalized spacial score (nSPS) is 12.7. The summed E-state index contributed by atoms with van der Waals surface area (Å²) in [6.07, 6.45) is -5.58. The second-order valence-corrected chi connectivity index (χ2v) is 4.04. The highest BCUT2D eigenvalue weighted by molar-refractivity contribution is 5.21. The van der Waals surface area contributed by atoms with Crippen molar-refractivity contribution < 1.29 is 26.7 Å². The van der Waals surface area contributed by atoms with Crippen molar-refractivity contribution in [2.45, 2.75) is 25.3 Å². The molecular formula is C12H14F5NO. The third-order valence-electron chi connectivity index (χ3n) is 2.37. The molecule has 7 heteroatoms. The molecule has 0 aliphatic carbocycles. The zero-order chi connectivity index (χ0) is 14.5. The van der Waals surface area contributed by atoms with Gasteiger partial charge in [0.1, 0.15) is 6.61 Å². The van der Waals surface area contributed by atoms with Crippen LogP contribution in [-0.2, 0) is 17.9 Å². The fourth-order valence-corrected chi connectivity index (χ4v) is 1.34. The van der Waals surface area contributed by atoms with Crippen LogP contribution in [0.1, 0.15) is 11.1 Å². The summed E-state index contributed by atoms with van der Waals surface area (Å²) in [7, 11) is 1.77. The molecule has 0 radical (unpaired) electrons. The van der Waals surface area contributed by atoms with Crippen molar-refractivity contribution >= 4 is 0 Å². The third-order valence-corrected chi connectivity index (χ3v) is 2.37. The summed E-state index contributed by atoms with van der Waals surface area (Å²) in [4.78, 5) is 0. The molecular weight excluding hydrogens is 269 g/mol. The first-order chi connectivity index (χ1) is 8.76. The van der Waals surface area contributed by atoms with E-state index < -0.39 is 18.7 Å². The van der Waals surface area contributed by atoms with Gasteiger partial charge in [-0.15, -0.1) is 0 Å². The first-order valence-corrected chi connectivity index (χ1v) is 5.51. The van der Waals surface area contributed by atoms with Crippen molar-refractivity contribution in [3.63, 3.8) is 0 Å². The van der Waals surface area contributed by atoms with Gasteiger partial charge in [0.15, 0.2) is 0 Å². The lowest BCUT2D eigenvalue weighted by Crippen LogP contribution is -2.40. The molecule has 0 aromatic heterocycles. The standard InChI is InChI=1S/C12H14F5NO/c1-18-6-9-2-4-10(5-3-9)7-19-8-11(13,14)12(15,16)17/h2-5,18H,6-8H2,1H3. The maximum Gasteiger partial charge on any atom is 0.455 e. The second kappa shape index (κ2) is 6.29. The summed E-state index contributed by atoms with van der Waals surface area (Å²) in [5, 5.41) is 2.93. The van der Waals surface area contributed by atoms with Crippen molar-refractivity contribution in [3.05, 3.63) is 35.4 Å². The Bertz CT molecular complexity index is 388. The Morgan fingerprint density at radius 2 is 1.53 bits per heavy atom. The monoisotopic (exact) mass is 283 g/mol. The number of alkyl halides is 5. The van der Waals surface area contributed by atoms with E-state index >= 15 is 0 Å². The minimum Gasteiger partial charge on any atom is -0.370 e. The van der Waals surface area contributed by atoms with E-state index in [1.807, 2.05) is 0 Å². The third kappa shape index (κ3) is 4.76. The Labute approximate surface area is 107 Å². The van der Waals surface area contributed by atoms with Crippen molar-refractivity contribution in [2.75, 3.05) is 13.7 Å². The van der Waals surface area contributed by atoms with Crippen LogP contribution >= 0.6 is 0 Å². The highest BCUT2D eigenvalue weighted by atomic mass is 19.4. The van der Waals surface area contributed by atoms with Crippen LogP contribution in [0.4, 0.5) is 22.0 Å². The Morgan fingerprint density at radius 3 is 2.00 bits per heavy atom. The topological polar surface area (TPSA) is 21.3 Å². The van der Waals surface area contributed by atoms with Crippen molar-refractivity contribution in [1.29, 1.82) is 0 Å². The molecule has 1 rings (SSSR count). The second-order valence-electron chi connectivity index (χ2n) is 4.04. The number of halogens is 5. The van der Waals surface area contributed by atoms with Crippen LogP contribution in [0.5, 0.6) is 0 Å². The number of nitrogens with one attached hydrogen (secondary N) is 1. The van der Waals surface area contributed by atoms with E-state index in [1.165, 1.54) is 0 Å². The van der Waals surface area contributed by atoms with Gasteiger partial charge in [-0.1, -0.05) is 24.3 Å². The van der Waals surface area contributed by atoms with E-state index in [1.54, 1.807) is 31.3 Å².